The van der Waals surface area contributed by atoms with Crippen LogP contribution in [0.3, 0.4) is 0 Å². The maximum Gasteiger partial charge on any atom is 0.416 e. The monoisotopic (exact) mass is 273 g/mol. The van der Waals surface area contributed by atoms with Crippen LogP contribution in [-0.4, -0.2) is 5.78 Å². The van der Waals surface area contributed by atoms with Gasteiger partial charge in [0.05, 0.1) is 17.2 Å². The van der Waals surface area contributed by atoms with E-state index < -0.39 is 34.8 Å². The van der Waals surface area contributed by atoms with Crippen LogP contribution >= 0.6 is 0 Å². The molecule has 1 atom stereocenters. The molecular weight excluding hydrogens is 262 g/mol. The second-order valence-electron chi connectivity index (χ2n) is 4.03. The van der Waals surface area contributed by atoms with E-state index >= 15 is 0 Å². The zero-order valence-electron chi connectivity index (χ0n) is 10.1. The number of ketones is 1. The van der Waals surface area contributed by atoms with Gasteiger partial charge in [0.25, 0.3) is 0 Å². The molecule has 0 aromatic heterocycles. The molecule has 102 valence electrons. The molecule has 0 spiro atoms. The Morgan fingerprint density at radius 3 is 2.53 bits per heavy atom. The first-order chi connectivity index (χ1) is 8.81. The lowest BCUT2D eigenvalue weighted by molar-refractivity contribution is -0.137. The van der Waals surface area contributed by atoms with Crippen LogP contribution in [0.1, 0.15) is 35.7 Å². The normalized spacial score (nSPS) is 12.8. The Bertz CT molecular complexity index is 516. The maximum atomic E-state index is 13.4. The summed E-state index contributed by atoms with van der Waals surface area (Å²) in [6.07, 6.45) is -3.97. The molecule has 2 nitrogen and oxygen atoms in total. The fraction of sp³-hybridized carbons (Fsp3) is 0.385. The molecule has 0 fully saturated rings. The minimum atomic E-state index is -4.66. The molecule has 0 aliphatic rings. The average Bonchev–Trinajstić information content (AvgIpc) is 2.34. The molecule has 0 saturated carbocycles. The van der Waals surface area contributed by atoms with Crippen LogP contribution in [0.5, 0.6) is 0 Å². The second kappa shape index (κ2) is 5.83. The lowest BCUT2D eigenvalue weighted by atomic mass is 9.93. The fourth-order valence-electron chi connectivity index (χ4n) is 1.62. The number of nitrogens with zero attached hydrogens (tertiary/aromatic N) is 1. The van der Waals surface area contributed by atoms with E-state index in [1.54, 1.807) is 13.0 Å². The molecule has 0 amide bonds. The highest BCUT2D eigenvalue weighted by atomic mass is 19.4. The third kappa shape index (κ3) is 3.53. The van der Waals surface area contributed by atoms with Crippen molar-refractivity contribution >= 4 is 5.78 Å². The lowest BCUT2D eigenvalue weighted by Gasteiger charge is -2.11. The first-order valence-electron chi connectivity index (χ1n) is 5.61. The van der Waals surface area contributed by atoms with Crippen molar-refractivity contribution in [2.75, 3.05) is 0 Å². The Balaban J connectivity index is 3.19. The number of alkyl halides is 3. The van der Waals surface area contributed by atoms with Crippen LogP contribution in [0.15, 0.2) is 18.2 Å². The Kier molecular flexibility index (Phi) is 4.65. The molecule has 19 heavy (non-hydrogen) atoms. The highest BCUT2D eigenvalue weighted by molar-refractivity contribution is 5.99. The van der Waals surface area contributed by atoms with Gasteiger partial charge in [-0.25, -0.2) is 4.39 Å². The van der Waals surface area contributed by atoms with Crippen LogP contribution in [0, 0.1) is 23.1 Å². The van der Waals surface area contributed by atoms with E-state index in [2.05, 4.69) is 0 Å². The Morgan fingerprint density at radius 1 is 1.42 bits per heavy atom. The van der Waals surface area contributed by atoms with E-state index in [-0.39, 0.29) is 6.42 Å². The fourth-order valence-corrected chi connectivity index (χ4v) is 1.62. The van der Waals surface area contributed by atoms with Crippen LogP contribution in [0.25, 0.3) is 0 Å². The Morgan fingerprint density at radius 2 is 2.05 bits per heavy atom. The van der Waals surface area contributed by atoms with Crippen molar-refractivity contribution in [1.29, 1.82) is 5.26 Å². The van der Waals surface area contributed by atoms with E-state index in [0.717, 1.165) is 0 Å². The van der Waals surface area contributed by atoms with Crippen molar-refractivity contribution in [3.63, 3.8) is 0 Å². The molecule has 0 aliphatic carbocycles. The zero-order chi connectivity index (χ0) is 14.6. The molecule has 1 rings (SSSR count). The Hall–Kier alpha value is -1.90. The van der Waals surface area contributed by atoms with Crippen molar-refractivity contribution in [2.24, 2.45) is 5.92 Å². The lowest BCUT2D eigenvalue weighted by Crippen LogP contribution is -2.16. The number of hydrogen-bond donors (Lipinski definition) is 0. The second-order valence-corrected chi connectivity index (χ2v) is 4.03. The summed E-state index contributed by atoms with van der Waals surface area (Å²) < 4.78 is 50.9. The van der Waals surface area contributed by atoms with Gasteiger partial charge < -0.3 is 0 Å². The average molecular weight is 273 g/mol. The number of carbonyl (C=O) groups excluding carboxylic acids is 1. The number of halogens is 4. The van der Waals surface area contributed by atoms with Crippen molar-refractivity contribution in [2.45, 2.75) is 25.9 Å². The number of hydrogen-bond acceptors (Lipinski definition) is 2. The summed E-state index contributed by atoms with van der Waals surface area (Å²) in [7, 11) is 0. The van der Waals surface area contributed by atoms with Gasteiger partial charge in [0, 0.05) is 0 Å². The summed E-state index contributed by atoms with van der Waals surface area (Å²) in [5, 5.41) is 8.79. The summed E-state index contributed by atoms with van der Waals surface area (Å²) in [5.41, 5.74) is -1.79. The number of benzene rings is 1. The van der Waals surface area contributed by atoms with Gasteiger partial charge in [-0.3, -0.25) is 4.79 Å². The third-order valence-electron chi connectivity index (χ3n) is 2.61. The molecule has 1 aromatic rings. The summed E-state index contributed by atoms with van der Waals surface area (Å²) in [6, 6.07) is 3.30. The van der Waals surface area contributed by atoms with Gasteiger partial charge in [-0.1, -0.05) is 13.3 Å². The van der Waals surface area contributed by atoms with Crippen molar-refractivity contribution < 1.29 is 22.4 Å². The van der Waals surface area contributed by atoms with Gasteiger partial charge >= 0.3 is 6.18 Å². The van der Waals surface area contributed by atoms with Gasteiger partial charge in [0.1, 0.15) is 11.7 Å². The van der Waals surface area contributed by atoms with Crippen molar-refractivity contribution in [1.82, 2.24) is 0 Å². The van der Waals surface area contributed by atoms with Gasteiger partial charge in [-0.15, -0.1) is 0 Å². The molecule has 0 bridgehead atoms. The summed E-state index contributed by atoms with van der Waals surface area (Å²) in [5.74, 6) is -3.08. The summed E-state index contributed by atoms with van der Waals surface area (Å²) in [4.78, 5) is 11.8. The van der Waals surface area contributed by atoms with Gasteiger partial charge in [-0.05, 0) is 24.6 Å². The van der Waals surface area contributed by atoms with E-state index in [4.69, 9.17) is 5.26 Å². The molecule has 0 radical (unpaired) electrons. The number of nitriles is 1. The Labute approximate surface area is 107 Å². The predicted molar refractivity (Wildman–Crippen MR) is 59.7 cm³/mol. The smallest absolute Gasteiger partial charge is 0.293 e. The standard InChI is InChI=1S/C13H11F4NO/c1-2-3-8(7-18)12(19)10-6-9(13(15,16)17)4-5-11(10)14/h4-6,8H,2-3H2,1H3. The first kappa shape index (κ1) is 15.2. The van der Waals surface area contributed by atoms with Crippen molar-refractivity contribution in [3.8, 4) is 6.07 Å². The van der Waals surface area contributed by atoms with Gasteiger partial charge in [0.2, 0.25) is 0 Å². The topological polar surface area (TPSA) is 40.9 Å². The largest absolute Gasteiger partial charge is 0.416 e. The van der Waals surface area contributed by atoms with Crippen LogP contribution < -0.4 is 0 Å². The van der Waals surface area contributed by atoms with E-state index in [1.807, 2.05) is 0 Å². The summed E-state index contributed by atoms with van der Waals surface area (Å²) in [6.45, 7) is 1.72. The number of carbonyl (C=O) groups is 1. The maximum absolute atomic E-state index is 13.4. The van der Waals surface area contributed by atoms with E-state index in [0.29, 0.717) is 24.6 Å². The third-order valence-corrected chi connectivity index (χ3v) is 2.61. The molecule has 1 unspecified atom stereocenters. The van der Waals surface area contributed by atoms with Crippen molar-refractivity contribution in [3.05, 3.63) is 35.1 Å². The van der Waals surface area contributed by atoms with E-state index in [9.17, 15) is 22.4 Å². The van der Waals surface area contributed by atoms with E-state index in [1.165, 1.54) is 0 Å². The minimum Gasteiger partial charge on any atom is -0.293 e. The molecular formula is C13H11F4NO. The van der Waals surface area contributed by atoms with Crippen LogP contribution in [0.4, 0.5) is 17.6 Å². The molecule has 6 heteroatoms. The SMILES string of the molecule is CCCC(C#N)C(=O)c1cc(C(F)(F)F)ccc1F. The predicted octanol–water partition coefficient (Wildman–Crippen LogP) is 3.97. The zero-order valence-corrected chi connectivity index (χ0v) is 10.1. The summed E-state index contributed by atoms with van der Waals surface area (Å²) >= 11 is 0. The minimum absolute atomic E-state index is 0.186. The highest BCUT2D eigenvalue weighted by Gasteiger charge is 2.32. The molecule has 0 saturated heterocycles. The number of Topliss-reactive ketones (excluding diaryl/α,β-unsaturated/α-hetero) is 1. The van der Waals surface area contributed by atoms with Gasteiger partial charge in [-0.2, -0.15) is 18.4 Å². The van der Waals surface area contributed by atoms with Gasteiger partial charge in [0.15, 0.2) is 5.78 Å². The van der Waals surface area contributed by atoms with Crippen LogP contribution in [0.2, 0.25) is 0 Å². The number of rotatable bonds is 4. The molecule has 1 aromatic carbocycles. The molecule has 0 aliphatic heterocycles. The first-order valence-corrected chi connectivity index (χ1v) is 5.61. The molecule has 0 N–H and O–H groups in total. The quantitative estimate of drug-likeness (QED) is 0.615. The highest BCUT2D eigenvalue weighted by Crippen LogP contribution is 2.31. The van der Waals surface area contributed by atoms with Crippen LogP contribution in [-0.2, 0) is 6.18 Å². The molecule has 0 heterocycles.